The molecule has 1 heterocycles. The molecule has 0 saturated heterocycles. The second kappa shape index (κ2) is 7.23. The van der Waals surface area contributed by atoms with Crippen molar-refractivity contribution >= 4 is 17.7 Å². The summed E-state index contributed by atoms with van der Waals surface area (Å²) in [5.41, 5.74) is 0. The number of rotatable bonds is 7. The maximum Gasteiger partial charge on any atom is 0.327 e. The van der Waals surface area contributed by atoms with Crippen molar-refractivity contribution in [3.05, 3.63) is 0 Å². The average Bonchev–Trinajstić information content (AvgIpc) is 2.71. The van der Waals surface area contributed by atoms with Crippen molar-refractivity contribution < 1.29 is 9.53 Å². The van der Waals surface area contributed by atoms with Gasteiger partial charge < -0.3 is 9.64 Å². The van der Waals surface area contributed by atoms with Crippen LogP contribution in [0, 0.1) is 0 Å². The maximum absolute atomic E-state index is 11.1. The van der Waals surface area contributed by atoms with Gasteiger partial charge in [0.15, 0.2) is 0 Å². The minimum absolute atomic E-state index is 0.0551. The van der Waals surface area contributed by atoms with Crippen LogP contribution < -0.4 is 0 Å². The normalized spacial score (nSPS) is 10.8. The molecule has 0 atom stereocenters. The van der Waals surface area contributed by atoms with E-state index in [9.17, 15) is 4.79 Å². The van der Waals surface area contributed by atoms with Gasteiger partial charge in [-0.25, -0.2) is 4.68 Å². The topological polar surface area (TPSA) is 73.1 Å². The first-order chi connectivity index (χ1) is 8.13. The molecule has 0 N–H and O–H groups in total. The smallest absolute Gasteiger partial charge is 0.327 e. The number of thioether (sulfide) groups is 1. The highest BCUT2D eigenvalue weighted by atomic mass is 32.2. The molecule has 96 valence electrons. The SMILES string of the molecule is COC(=O)Cn1nnnc1SCCCN(C)C. The molecule has 1 aromatic rings. The van der Waals surface area contributed by atoms with Crippen LogP contribution in [0.5, 0.6) is 0 Å². The van der Waals surface area contributed by atoms with Crippen LogP contribution >= 0.6 is 11.8 Å². The standard InChI is InChI=1S/C9H17N5O2S/c1-13(2)5-4-6-17-9-10-11-12-14(9)7-8(15)16-3/h4-7H2,1-3H3. The summed E-state index contributed by atoms with van der Waals surface area (Å²) in [6.45, 7) is 1.07. The Morgan fingerprint density at radius 2 is 2.29 bits per heavy atom. The van der Waals surface area contributed by atoms with Gasteiger partial charge in [0.1, 0.15) is 6.54 Å². The zero-order valence-corrected chi connectivity index (χ0v) is 11.1. The van der Waals surface area contributed by atoms with E-state index in [0.717, 1.165) is 18.7 Å². The summed E-state index contributed by atoms with van der Waals surface area (Å²) in [5.74, 6) is 0.562. The van der Waals surface area contributed by atoms with E-state index >= 15 is 0 Å². The summed E-state index contributed by atoms with van der Waals surface area (Å²) >= 11 is 1.54. The van der Waals surface area contributed by atoms with Gasteiger partial charge in [0.05, 0.1) is 7.11 Å². The quantitative estimate of drug-likeness (QED) is 0.384. The molecule has 0 saturated carbocycles. The summed E-state index contributed by atoms with van der Waals surface area (Å²) in [6, 6.07) is 0. The van der Waals surface area contributed by atoms with Gasteiger partial charge in [-0.2, -0.15) is 0 Å². The Balaban J connectivity index is 2.38. The maximum atomic E-state index is 11.1. The van der Waals surface area contributed by atoms with E-state index in [1.165, 1.54) is 11.8 Å². The predicted octanol–water partition coefficient (Wildman–Crippen LogP) is -0.110. The van der Waals surface area contributed by atoms with Gasteiger partial charge in [0, 0.05) is 5.75 Å². The number of tetrazole rings is 1. The molecule has 1 aromatic heterocycles. The zero-order valence-electron chi connectivity index (χ0n) is 10.3. The van der Waals surface area contributed by atoms with Crippen LogP contribution in [0.3, 0.4) is 0 Å². The van der Waals surface area contributed by atoms with Gasteiger partial charge in [-0.05, 0) is 37.5 Å². The van der Waals surface area contributed by atoms with E-state index in [2.05, 4.69) is 25.2 Å². The fourth-order valence-corrected chi connectivity index (χ4v) is 1.93. The van der Waals surface area contributed by atoms with Crippen LogP contribution in [0.2, 0.25) is 0 Å². The van der Waals surface area contributed by atoms with Crippen molar-refractivity contribution in [3.63, 3.8) is 0 Å². The van der Waals surface area contributed by atoms with E-state index in [1.807, 2.05) is 14.1 Å². The zero-order chi connectivity index (χ0) is 12.7. The van der Waals surface area contributed by atoms with Gasteiger partial charge in [-0.15, -0.1) is 5.10 Å². The Morgan fingerprint density at radius 3 is 2.94 bits per heavy atom. The second-order valence-electron chi connectivity index (χ2n) is 3.70. The number of carbonyl (C=O) groups excluding carboxylic acids is 1. The summed E-state index contributed by atoms with van der Waals surface area (Å²) in [6.07, 6.45) is 1.04. The molecule has 0 aromatic carbocycles. The summed E-state index contributed by atoms with van der Waals surface area (Å²) in [7, 11) is 5.41. The van der Waals surface area contributed by atoms with Crippen molar-refractivity contribution in [2.75, 3.05) is 33.5 Å². The molecular weight excluding hydrogens is 242 g/mol. The molecule has 17 heavy (non-hydrogen) atoms. The Bertz CT molecular complexity index is 355. The Morgan fingerprint density at radius 1 is 1.53 bits per heavy atom. The molecule has 8 heteroatoms. The van der Waals surface area contributed by atoms with Crippen molar-refractivity contribution in [1.82, 2.24) is 25.1 Å². The second-order valence-corrected chi connectivity index (χ2v) is 4.76. The molecule has 0 aliphatic heterocycles. The Hall–Kier alpha value is -1.15. The number of carbonyl (C=O) groups is 1. The molecule has 0 radical (unpaired) electrons. The molecule has 0 aliphatic rings. The molecule has 1 rings (SSSR count). The van der Waals surface area contributed by atoms with E-state index in [0.29, 0.717) is 5.16 Å². The lowest BCUT2D eigenvalue weighted by Gasteiger charge is -2.08. The third-order valence-corrected chi connectivity index (χ3v) is 3.03. The summed E-state index contributed by atoms with van der Waals surface area (Å²) in [5, 5.41) is 11.8. The van der Waals surface area contributed by atoms with Gasteiger partial charge >= 0.3 is 5.97 Å². The number of ether oxygens (including phenoxy) is 1. The molecule has 0 amide bonds. The lowest BCUT2D eigenvalue weighted by molar-refractivity contribution is -0.141. The first-order valence-electron chi connectivity index (χ1n) is 5.24. The third-order valence-electron chi connectivity index (χ3n) is 1.99. The fourth-order valence-electron chi connectivity index (χ4n) is 1.13. The average molecular weight is 259 g/mol. The molecule has 0 unspecified atom stereocenters. The van der Waals surface area contributed by atoms with Crippen LogP contribution in [0.25, 0.3) is 0 Å². The van der Waals surface area contributed by atoms with Gasteiger partial charge in [-0.3, -0.25) is 4.79 Å². The minimum atomic E-state index is -0.354. The number of aromatic nitrogens is 4. The number of methoxy groups -OCH3 is 1. The lowest BCUT2D eigenvalue weighted by Crippen LogP contribution is -2.15. The molecule has 0 bridgehead atoms. The summed E-state index contributed by atoms with van der Waals surface area (Å²) < 4.78 is 6.01. The molecule has 0 spiro atoms. The number of hydrogen-bond donors (Lipinski definition) is 0. The van der Waals surface area contributed by atoms with E-state index < -0.39 is 0 Å². The number of nitrogens with zero attached hydrogens (tertiary/aromatic N) is 5. The van der Waals surface area contributed by atoms with Crippen LogP contribution in [0.15, 0.2) is 5.16 Å². The Kier molecular flexibility index (Phi) is 5.92. The van der Waals surface area contributed by atoms with Gasteiger partial charge in [-0.1, -0.05) is 11.8 Å². The number of hydrogen-bond acceptors (Lipinski definition) is 7. The van der Waals surface area contributed by atoms with Crippen LogP contribution in [-0.4, -0.2) is 64.6 Å². The largest absolute Gasteiger partial charge is 0.468 e. The van der Waals surface area contributed by atoms with E-state index in [1.54, 1.807) is 11.8 Å². The monoisotopic (exact) mass is 259 g/mol. The fraction of sp³-hybridized carbons (Fsp3) is 0.778. The molecule has 0 aliphatic carbocycles. The lowest BCUT2D eigenvalue weighted by atomic mass is 10.5. The first-order valence-corrected chi connectivity index (χ1v) is 6.22. The highest BCUT2D eigenvalue weighted by Gasteiger charge is 2.10. The van der Waals surface area contributed by atoms with Gasteiger partial charge in [0.25, 0.3) is 0 Å². The molecule has 7 nitrogen and oxygen atoms in total. The van der Waals surface area contributed by atoms with Crippen LogP contribution in [0.4, 0.5) is 0 Å². The number of esters is 1. The van der Waals surface area contributed by atoms with Crippen LogP contribution in [0.1, 0.15) is 6.42 Å². The first kappa shape index (κ1) is 13.9. The summed E-state index contributed by atoms with van der Waals surface area (Å²) in [4.78, 5) is 13.2. The van der Waals surface area contributed by atoms with Gasteiger partial charge in [0.2, 0.25) is 5.16 Å². The highest BCUT2D eigenvalue weighted by Crippen LogP contribution is 2.14. The molecular formula is C9H17N5O2S. The van der Waals surface area contributed by atoms with Crippen molar-refractivity contribution in [3.8, 4) is 0 Å². The minimum Gasteiger partial charge on any atom is -0.468 e. The third kappa shape index (κ3) is 5.14. The van der Waals surface area contributed by atoms with Crippen molar-refractivity contribution in [1.29, 1.82) is 0 Å². The predicted molar refractivity (Wildman–Crippen MR) is 63.7 cm³/mol. The van der Waals surface area contributed by atoms with Crippen molar-refractivity contribution in [2.24, 2.45) is 0 Å². The van der Waals surface area contributed by atoms with Crippen molar-refractivity contribution in [2.45, 2.75) is 18.1 Å². The van der Waals surface area contributed by atoms with Crippen LogP contribution in [-0.2, 0) is 16.1 Å². The van der Waals surface area contributed by atoms with E-state index in [-0.39, 0.29) is 12.5 Å². The van der Waals surface area contributed by atoms with E-state index in [4.69, 9.17) is 0 Å². The highest BCUT2D eigenvalue weighted by molar-refractivity contribution is 7.99. The Labute approximate surface area is 104 Å². The molecule has 0 fully saturated rings.